The summed E-state index contributed by atoms with van der Waals surface area (Å²) in [7, 11) is 0. The minimum atomic E-state index is 0.592. The Hall–Kier alpha value is -1.06. The molecule has 1 aromatic carbocycles. The van der Waals surface area contributed by atoms with Gasteiger partial charge in [0.2, 0.25) is 0 Å². The number of nitrogens with two attached hydrogens (primary N) is 1. The molecule has 0 spiro atoms. The number of fused-ring (bicyclic) bond motifs is 1. The molecule has 0 bridgehead atoms. The van der Waals surface area contributed by atoms with Crippen molar-refractivity contribution in [1.82, 2.24) is 0 Å². The quantitative estimate of drug-likeness (QED) is 0.734. The van der Waals surface area contributed by atoms with Gasteiger partial charge in [0, 0.05) is 18.8 Å². The molecule has 14 heavy (non-hydrogen) atoms. The highest BCUT2D eigenvalue weighted by atomic mass is 16.6. The lowest BCUT2D eigenvalue weighted by Crippen LogP contribution is -2.32. The lowest BCUT2D eigenvalue weighted by molar-refractivity contribution is 0.144. The number of anilines is 1. The SMILES string of the molecule is NOCCN1CCCc2ccccc21. The van der Waals surface area contributed by atoms with Crippen LogP contribution >= 0.6 is 0 Å². The number of benzene rings is 1. The second kappa shape index (κ2) is 4.44. The summed E-state index contributed by atoms with van der Waals surface area (Å²) in [6, 6.07) is 8.55. The standard InChI is InChI=1S/C11H16N2O/c12-14-9-8-13-7-3-5-10-4-1-2-6-11(10)13/h1-2,4,6H,3,5,7-9,12H2. The molecule has 3 nitrogen and oxygen atoms in total. The maximum Gasteiger partial charge on any atom is 0.0854 e. The second-order valence-electron chi connectivity index (χ2n) is 3.59. The van der Waals surface area contributed by atoms with E-state index in [0.717, 1.165) is 13.1 Å². The molecule has 3 heteroatoms. The Kier molecular flexibility index (Phi) is 3.01. The minimum Gasteiger partial charge on any atom is -0.369 e. The van der Waals surface area contributed by atoms with Crippen LogP contribution < -0.4 is 10.8 Å². The normalized spacial score (nSPS) is 15.4. The molecule has 76 valence electrons. The molecule has 1 aliphatic heterocycles. The number of rotatable bonds is 3. The van der Waals surface area contributed by atoms with Gasteiger partial charge in [-0.1, -0.05) is 18.2 Å². The number of para-hydroxylation sites is 1. The first-order valence-electron chi connectivity index (χ1n) is 5.06. The molecule has 0 aromatic heterocycles. The van der Waals surface area contributed by atoms with Gasteiger partial charge in [-0.05, 0) is 24.5 Å². The van der Waals surface area contributed by atoms with E-state index in [0.29, 0.717) is 6.61 Å². The molecule has 0 saturated heterocycles. The largest absolute Gasteiger partial charge is 0.369 e. The van der Waals surface area contributed by atoms with Crippen LogP contribution in [0.5, 0.6) is 0 Å². The summed E-state index contributed by atoms with van der Waals surface area (Å²) in [5.41, 5.74) is 2.78. The topological polar surface area (TPSA) is 38.5 Å². The van der Waals surface area contributed by atoms with Crippen molar-refractivity contribution < 1.29 is 4.84 Å². The van der Waals surface area contributed by atoms with Crippen molar-refractivity contribution in [2.45, 2.75) is 12.8 Å². The van der Waals surface area contributed by atoms with Crippen LogP contribution in [0.1, 0.15) is 12.0 Å². The van der Waals surface area contributed by atoms with Gasteiger partial charge in [0.05, 0.1) is 6.61 Å². The third kappa shape index (κ3) is 1.89. The van der Waals surface area contributed by atoms with Gasteiger partial charge >= 0.3 is 0 Å². The van der Waals surface area contributed by atoms with Gasteiger partial charge in [0.1, 0.15) is 0 Å². The van der Waals surface area contributed by atoms with Crippen LogP contribution in [0.25, 0.3) is 0 Å². The average molecular weight is 192 g/mol. The summed E-state index contributed by atoms with van der Waals surface area (Å²) in [6.07, 6.45) is 2.41. The molecule has 1 heterocycles. The van der Waals surface area contributed by atoms with E-state index in [9.17, 15) is 0 Å². The molecule has 1 aromatic rings. The molecule has 0 aliphatic carbocycles. The van der Waals surface area contributed by atoms with Crippen molar-refractivity contribution in [2.24, 2.45) is 5.90 Å². The van der Waals surface area contributed by atoms with Crippen molar-refractivity contribution in [3.05, 3.63) is 29.8 Å². The lowest BCUT2D eigenvalue weighted by atomic mass is 10.0. The molecule has 0 atom stereocenters. The Bertz CT molecular complexity index is 301. The van der Waals surface area contributed by atoms with E-state index in [-0.39, 0.29) is 0 Å². The molecule has 0 fully saturated rings. The van der Waals surface area contributed by atoms with E-state index in [1.54, 1.807) is 0 Å². The van der Waals surface area contributed by atoms with Crippen molar-refractivity contribution in [2.75, 3.05) is 24.6 Å². The van der Waals surface area contributed by atoms with Gasteiger partial charge in [-0.25, -0.2) is 5.90 Å². The fourth-order valence-electron chi connectivity index (χ4n) is 2.01. The molecule has 0 radical (unpaired) electrons. The van der Waals surface area contributed by atoms with Crippen LogP contribution in [0.15, 0.2) is 24.3 Å². The monoisotopic (exact) mass is 192 g/mol. The van der Waals surface area contributed by atoms with Crippen LogP contribution in [0, 0.1) is 0 Å². The zero-order valence-electron chi connectivity index (χ0n) is 8.28. The third-order valence-electron chi connectivity index (χ3n) is 2.69. The predicted molar refractivity (Wildman–Crippen MR) is 57.1 cm³/mol. The van der Waals surface area contributed by atoms with Gasteiger partial charge < -0.3 is 9.74 Å². The van der Waals surface area contributed by atoms with E-state index < -0.39 is 0 Å². The molecule has 2 N–H and O–H groups in total. The molecular formula is C11H16N2O. The smallest absolute Gasteiger partial charge is 0.0854 e. The van der Waals surface area contributed by atoms with Gasteiger partial charge in [0.15, 0.2) is 0 Å². The first-order valence-corrected chi connectivity index (χ1v) is 5.06. The number of aryl methyl sites for hydroxylation is 1. The fourth-order valence-corrected chi connectivity index (χ4v) is 2.01. The highest BCUT2D eigenvalue weighted by Crippen LogP contribution is 2.25. The summed E-state index contributed by atoms with van der Waals surface area (Å²) in [6.45, 7) is 2.59. The molecule has 2 rings (SSSR count). The van der Waals surface area contributed by atoms with E-state index in [4.69, 9.17) is 5.90 Å². The number of hydrogen-bond acceptors (Lipinski definition) is 3. The highest BCUT2D eigenvalue weighted by molar-refractivity contribution is 5.55. The summed E-state index contributed by atoms with van der Waals surface area (Å²) in [5.74, 6) is 5.04. The van der Waals surface area contributed by atoms with E-state index in [2.05, 4.69) is 34.0 Å². The van der Waals surface area contributed by atoms with Gasteiger partial charge in [-0.3, -0.25) is 0 Å². The van der Waals surface area contributed by atoms with Crippen molar-refractivity contribution in [3.63, 3.8) is 0 Å². The molecule has 0 unspecified atom stereocenters. The van der Waals surface area contributed by atoms with Crippen LogP contribution in [0.2, 0.25) is 0 Å². The Morgan fingerprint density at radius 3 is 3.07 bits per heavy atom. The Labute approximate surface area is 84.4 Å². The maximum atomic E-state index is 5.04. The molecule has 1 aliphatic rings. The zero-order chi connectivity index (χ0) is 9.80. The van der Waals surface area contributed by atoms with E-state index >= 15 is 0 Å². The zero-order valence-corrected chi connectivity index (χ0v) is 8.28. The summed E-state index contributed by atoms with van der Waals surface area (Å²) < 4.78 is 0. The molecule has 0 saturated carbocycles. The van der Waals surface area contributed by atoms with Gasteiger partial charge in [-0.2, -0.15) is 0 Å². The number of hydrogen-bond donors (Lipinski definition) is 1. The van der Waals surface area contributed by atoms with E-state index in [1.807, 2.05) is 0 Å². The van der Waals surface area contributed by atoms with Crippen LogP contribution in [0.3, 0.4) is 0 Å². The van der Waals surface area contributed by atoms with Gasteiger partial charge in [0.25, 0.3) is 0 Å². The molecule has 0 amide bonds. The summed E-state index contributed by atoms with van der Waals surface area (Å²) in [4.78, 5) is 6.96. The maximum absolute atomic E-state index is 5.04. The second-order valence-corrected chi connectivity index (χ2v) is 3.59. The van der Waals surface area contributed by atoms with Crippen molar-refractivity contribution >= 4 is 5.69 Å². The highest BCUT2D eigenvalue weighted by Gasteiger charge is 2.15. The van der Waals surface area contributed by atoms with Crippen LogP contribution in [-0.4, -0.2) is 19.7 Å². The van der Waals surface area contributed by atoms with Crippen LogP contribution in [0.4, 0.5) is 5.69 Å². The summed E-state index contributed by atoms with van der Waals surface area (Å²) in [5, 5.41) is 0. The van der Waals surface area contributed by atoms with Crippen molar-refractivity contribution in [3.8, 4) is 0 Å². The summed E-state index contributed by atoms with van der Waals surface area (Å²) >= 11 is 0. The lowest BCUT2D eigenvalue weighted by Gasteiger charge is -2.30. The average Bonchev–Trinajstić information content (AvgIpc) is 2.26. The van der Waals surface area contributed by atoms with Crippen LogP contribution in [-0.2, 0) is 11.3 Å². The first-order chi connectivity index (χ1) is 6.92. The predicted octanol–water partition coefficient (Wildman–Crippen LogP) is 1.33. The Morgan fingerprint density at radius 2 is 2.21 bits per heavy atom. The van der Waals surface area contributed by atoms with Gasteiger partial charge in [-0.15, -0.1) is 0 Å². The van der Waals surface area contributed by atoms with E-state index in [1.165, 1.54) is 24.1 Å². The third-order valence-corrected chi connectivity index (χ3v) is 2.69. The fraction of sp³-hybridized carbons (Fsp3) is 0.455. The number of nitrogens with zero attached hydrogens (tertiary/aromatic N) is 1. The minimum absolute atomic E-state index is 0.592. The Balaban J connectivity index is 2.14. The molecular weight excluding hydrogens is 176 g/mol. The van der Waals surface area contributed by atoms with Crippen molar-refractivity contribution in [1.29, 1.82) is 0 Å². The first kappa shape index (κ1) is 9.49. The Morgan fingerprint density at radius 1 is 1.36 bits per heavy atom.